The standard InChI is InChI=1S/C16H18N6OS/c17-6-12-11-2-1-3-13(11)24-16(12)21-15(23)7-18-10-4-5-14-19-9-20-22(14)8-10/h9-10,18H,1-5,7-8H2,(H,21,23). The third kappa shape index (κ3) is 2.81. The molecule has 1 unspecified atom stereocenters. The number of carbonyl (C=O) groups excluding carboxylic acids is 1. The fourth-order valence-electron chi connectivity index (χ4n) is 3.42. The summed E-state index contributed by atoms with van der Waals surface area (Å²) in [6, 6.07) is 2.47. The third-order valence-electron chi connectivity index (χ3n) is 4.64. The molecule has 1 aliphatic carbocycles. The molecular formula is C16H18N6OS. The van der Waals surface area contributed by atoms with Gasteiger partial charge >= 0.3 is 0 Å². The summed E-state index contributed by atoms with van der Waals surface area (Å²) in [6.07, 6.45) is 6.47. The van der Waals surface area contributed by atoms with Crippen LogP contribution in [0.1, 0.15) is 34.7 Å². The second-order valence-electron chi connectivity index (χ2n) is 6.20. The smallest absolute Gasteiger partial charge is 0.238 e. The Hall–Kier alpha value is -2.24. The quantitative estimate of drug-likeness (QED) is 0.872. The van der Waals surface area contributed by atoms with Gasteiger partial charge in [0.25, 0.3) is 0 Å². The molecule has 2 aromatic heterocycles. The molecule has 0 aromatic carbocycles. The van der Waals surface area contributed by atoms with Gasteiger partial charge in [-0.25, -0.2) is 9.67 Å². The lowest BCUT2D eigenvalue weighted by molar-refractivity contribution is -0.115. The number of hydrogen-bond donors (Lipinski definition) is 2. The minimum absolute atomic E-state index is 0.101. The molecular weight excluding hydrogens is 324 g/mol. The van der Waals surface area contributed by atoms with Crippen molar-refractivity contribution >= 4 is 22.2 Å². The topological polar surface area (TPSA) is 95.6 Å². The summed E-state index contributed by atoms with van der Waals surface area (Å²) in [7, 11) is 0. The minimum atomic E-state index is -0.101. The number of aryl methyl sites for hydroxylation is 2. The lowest BCUT2D eigenvalue weighted by atomic mass is 10.1. The number of anilines is 1. The maximum atomic E-state index is 12.2. The van der Waals surface area contributed by atoms with E-state index in [0.717, 1.165) is 50.0 Å². The van der Waals surface area contributed by atoms with Crippen LogP contribution < -0.4 is 10.6 Å². The minimum Gasteiger partial charge on any atom is -0.315 e. The van der Waals surface area contributed by atoms with Crippen LogP contribution in [-0.4, -0.2) is 33.3 Å². The van der Waals surface area contributed by atoms with Gasteiger partial charge in [-0.05, 0) is 31.2 Å². The molecule has 8 heteroatoms. The first-order valence-corrected chi connectivity index (χ1v) is 9.01. The molecule has 0 saturated heterocycles. The van der Waals surface area contributed by atoms with Crippen LogP contribution in [0.15, 0.2) is 6.33 Å². The molecule has 2 aliphatic rings. The number of hydrogen-bond acceptors (Lipinski definition) is 6. The van der Waals surface area contributed by atoms with Crippen LogP contribution in [0.25, 0.3) is 0 Å². The molecule has 1 atom stereocenters. The number of nitriles is 1. The van der Waals surface area contributed by atoms with E-state index in [-0.39, 0.29) is 18.5 Å². The van der Waals surface area contributed by atoms with Crippen molar-refractivity contribution in [3.8, 4) is 6.07 Å². The first-order chi connectivity index (χ1) is 11.7. The number of nitrogens with one attached hydrogen (secondary N) is 2. The van der Waals surface area contributed by atoms with E-state index in [0.29, 0.717) is 10.6 Å². The molecule has 4 rings (SSSR count). The van der Waals surface area contributed by atoms with E-state index in [1.54, 1.807) is 17.7 Å². The number of nitrogens with zero attached hydrogens (tertiary/aromatic N) is 4. The highest BCUT2D eigenvalue weighted by Crippen LogP contribution is 2.38. The number of thiophene rings is 1. The van der Waals surface area contributed by atoms with Crippen LogP contribution in [-0.2, 0) is 30.6 Å². The SMILES string of the molecule is N#Cc1c(NC(=O)CNC2CCc3ncnn3C2)sc2c1CCC2. The number of rotatable bonds is 4. The molecule has 1 aliphatic heterocycles. The van der Waals surface area contributed by atoms with Crippen molar-refractivity contribution in [3.63, 3.8) is 0 Å². The Bertz CT molecular complexity index is 817. The largest absolute Gasteiger partial charge is 0.315 e. The number of fused-ring (bicyclic) bond motifs is 2. The van der Waals surface area contributed by atoms with Crippen molar-refractivity contribution in [2.45, 2.75) is 44.7 Å². The van der Waals surface area contributed by atoms with Crippen molar-refractivity contribution < 1.29 is 4.79 Å². The van der Waals surface area contributed by atoms with Gasteiger partial charge in [0.2, 0.25) is 5.91 Å². The van der Waals surface area contributed by atoms with Gasteiger partial charge in [0.1, 0.15) is 23.2 Å². The molecule has 0 radical (unpaired) electrons. The molecule has 0 saturated carbocycles. The van der Waals surface area contributed by atoms with Crippen LogP contribution >= 0.6 is 11.3 Å². The summed E-state index contributed by atoms with van der Waals surface area (Å²) < 4.78 is 1.89. The van der Waals surface area contributed by atoms with Gasteiger partial charge in [-0.2, -0.15) is 10.4 Å². The molecule has 24 heavy (non-hydrogen) atoms. The van der Waals surface area contributed by atoms with Gasteiger partial charge in [-0.1, -0.05) is 0 Å². The Morgan fingerprint density at radius 1 is 1.46 bits per heavy atom. The molecule has 2 N–H and O–H groups in total. The molecule has 0 fully saturated rings. The normalized spacial score (nSPS) is 18.7. The van der Waals surface area contributed by atoms with E-state index in [4.69, 9.17) is 0 Å². The van der Waals surface area contributed by atoms with Gasteiger partial charge in [-0.3, -0.25) is 4.79 Å². The average molecular weight is 342 g/mol. The highest BCUT2D eigenvalue weighted by atomic mass is 32.1. The lowest BCUT2D eigenvalue weighted by Gasteiger charge is -2.23. The number of carbonyl (C=O) groups is 1. The lowest BCUT2D eigenvalue weighted by Crippen LogP contribution is -2.41. The van der Waals surface area contributed by atoms with Gasteiger partial charge < -0.3 is 10.6 Å². The zero-order valence-electron chi connectivity index (χ0n) is 13.2. The average Bonchev–Trinajstić information content (AvgIpc) is 3.27. The fraction of sp³-hybridized carbons (Fsp3) is 0.500. The van der Waals surface area contributed by atoms with Gasteiger partial charge in [0.15, 0.2) is 0 Å². The molecule has 2 aromatic rings. The Kier molecular flexibility index (Phi) is 4.04. The van der Waals surface area contributed by atoms with E-state index in [1.807, 2.05) is 4.68 Å². The second kappa shape index (κ2) is 6.34. The first-order valence-electron chi connectivity index (χ1n) is 8.19. The van der Waals surface area contributed by atoms with Gasteiger partial charge in [0.05, 0.1) is 18.7 Å². The summed E-state index contributed by atoms with van der Waals surface area (Å²) in [5, 5.41) is 20.4. The zero-order valence-corrected chi connectivity index (χ0v) is 14.0. The first kappa shape index (κ1) is 15.3. The summed E-state index contributed by atoms with van der Waals surface area (Å²) in [6.45, 7) is 0.974. The third-order valence-corrected chi connectivity index (χ3v) is 5.85. The van der Waals surface area contributed by atoms with Crippen molar-refractivity contribution in [1.82, 2.24) is 20.1 Å². The fourth-order valence-corrected chi connectivity index (χ4v) is 4.68. The summed E-state index contributed by atoms with van der Waals surface area (Å²) in [4.78, 5) is 17.7. The van der Waals surface area contributed by atoms with Crippen molar-refractivity contribution in [2.75, 3.05) is 11.9 Å². The van der Waals surface area contributed by atoms with Gasteiger partial charge in [-0.15, -0.1) is 11.3 Å². The monoisotopic (exact) mass is 342 g/mol. The highest BCUT2D eigenvalue weighted by molar-refractivity contribution is 7.16. The van der Waals surface area contributed by atoms with Crippen LogP contribution in [0.2, 0.25) is 0 Å². The predicted molar refractivity (Wildman–Crippen MR) is 89.8 cm³/mol. The van der Waals surface area contributed by atoms with Crippen molar-refractivity contribution in [1.29, 1.82) is 5.26 Å². The Morgan fingerprint density at radius 3 is 3.25 bits per heavy atom. The van der Waals surface area contributed by atoms with Gasteiger partial charge in [0, 0.05) is 17.3 Å². The van der Waals surface area contributed by atoms with Crippen LogP contribution in [0.3, 0.4) is 0 Å². The summed E-state index contributed by atoms with van der Waals surface area (Å²) in [5.41, 5.74) is 1.79. The Balaban J connectivity index is 1.34. The molecule has 0 spiro atoms. The van der Waals surface area contributed by atoms with E-state index < -0.39 is 0 Å². The predicted octanol–water partition coefficient (Wildman–Crippen LogP) is 1.24. The molecule has 124 valence electrons. The summed E-state index contributed by atoms with van der Waals surface area (Å²) >= 11 is 1.55. The molecule has 0 bridgehead atoms. The zero-order chi connectivity index (χ0) is 16.5. The van der Waals surface area contributed by atoms with Crippen LogP contribution in [0.4, 0.5) is 5.00 Å². The Labute approximate surface area is 143 Å². The highest BCUT2D eigenvalue weighted by Gasteiger charge is 2.24. The number of aromatic nitrogens is 3. The van der Waals surface area contributed by atoms with Crippen molar-refractivity contribution in [2.24, 2.45) is 0 Å². The van der Waals surface area contributed by atoms with E-state index >= 15 is 0 Å². The van der Waals surface area contributed by atoms with E-state index in [2.05, 4.69) is 26.8 Å². The summed E-state index contributed by atoms with van der Waals surface area (Å²) in [5.74, 6) is 0.903. The molecule has 1 amide bonds. The molecule has 3 heterocycles. The Morgan fingerprint density at radius 2 is 2.38 bits per heavy atom. The van der Waals surface area contributed by atoms with Crippen LogP contribution in [0.5, 0.6) is 0 Å². The molecule has 7 nitrogen and oxygen atoms in total. The second-order valence-corrected chi connectivity index (χ2v) is 7.30. The van der Waals surface area contributed by atoms with Crippen LogP contribution in [0, 0.1) is 11.3 Å². The maximum Gasteiger partial charge on any atom is 0.238 e. The maximum absolute atomic E-state index is 12.2. The van der Waals surface area contributed by atoms with Crippen molar-refractivity contribution in [3.05, 3.63) is 28.2 Å². The van der Waals surface area contributed by atoms with E-state index in [9.17, 15) is 10.1 Å². The number of amides is 1. The van der Waals surface area contributed by atoms with E-state index in [1.165, 1.54) is 4.88 Å².